The summed E-state index contributed by atoms with van der Waals surface area (Å²) in [5.74, 6) is -0.304. The van der Waals surface area contributed by atoms with Gasteiger partial charge in [0, 0.05) is 9.79 Å². The van der Waals surface area contributed by atoms with Crippen molar-refractivity contribution in [3.63, 3.8) is 0 Å². The zero-order valence-corrected chi connectivity index (χ0v) is 12.2. The molecule has 0 unspecified atom stereocenters. The van der Waals surface area contributed by atoms with Crippen LogP contribution in [0.4, 0.5) is 0 Å². The van der Waals surface area contributed by atoms with Gasteiger partial charge in [0.2, 0.25) is 0 Å². The van der Waals surface area contributed by atoms with Gasteiger partial charge in [-0.05, 0) is 36.4 Å². The van der Waals surface area contributed by atoms with E-state index in [2.05, 4.69) is 16.9 Å². The molecule has 0 aromatic heterocycles. The molecular weight excluding hydrogens is 256 g/mol. The zero-order chi connectivity index (χ0) is 14.1. The third kappa shape index (κ3) is 4.79. The molecule has 0 saturated heterocycles. The molecular formula is C16H18O2S. The lowest BCUT2D eigenvalue weighted by Gasteiger charge is -2.02. The Balaban J connectivity index is 0.000000861. The van der Waals surface area contributed by atoms with Crippen molar-refractivity contribution in [3.8, 4) is 0 Å². The molecule has 0 aliphatic carbocycles. The predicted octanol–water partition coefficient (Wildman–Crippen LogP) is 4.65. The normalized spacial score (nSPS) is 9.21. The molecule has 0 aliphatic rings. The first kappa shape index (κ1) is 15.3. The van der Waals surface area contributed by atoms with Gasteiger partial charge < -0.3 is 4.74 Å². The van der Waals surface area contributed by atoms with Crippen molar-refractivity contribution < 1.29 is 9.53 Å². The number of esters is 1. The lowest BCUT2D eigenvalue weighted by atomic mass is 10.2. The van der Waals surface area contributed by atoms with Crippen molar-refractivity contribution in [2.24, 2.45) is 0 Å². The molecule has 0 spiro atoms. The van der Waals surface area contributed by atoms with E-state index in [-0.39, 0.29) is 5.97 Å². The molecule has 0 bridgehead atoms. The average molecular weight is 274 g/mol. The van der Waals surface area contributed by atoms with Crippen LogP contribution in [0, 0.1) is 0 Å². The second-order valence-electron chi connectivity index (χ2n) is 3.43. The van der Waals surface area contributed by atoms with Crippen LogP contribution in [0.3, 0.4) is 0 Å². The zero-order valence-electron chi connectivity index (χ0n) is 11.4. The SMILES string of the molecule is CC.COC(=O)c1ccc(Sc2ccccc2)cc1. The highest BCUT2D eigenvalue weighted by atomic mass is 32.2. The summed E-state index contributed by atoms with van der Waals surface area (Å²) in [6, 6.07) is 17.5. The quantitative estimate of drug-likeness (QED) is 0.762. The molecule has 0 aliphatic heterocycles. The van der Waals surface area contributed by atoms with Crippen LogP contribution in [0.25, 0.3) is 0 Å². The molecule has 0 heterocycles. The highest BCUT2D eigenvalue weighted by molar-refractivity contribution is 7.99. The highest BCUT2D eigenvalue weighted by Gasteiger charge is 2.04. The molecule has 2 aromatic rings. The molecule has 100 valence electrons. The van der Waals surface area contributed by atoms with Gasteiger partial charge in [0.25, 0.3) is 0 Å². The topological polar surface area (TPSA) is 26.3 Å². The van der Waals surface area contributed by atoms with E-state index in [1.807, 2.05) is 44.2 Å². The number of carbonyl (C=O) groups is 1. The van der Waals surface area contributed by atoms with Gasteiger partial charge in [0.15, 0.2) is 0 Å². The third-order valence-corrected chi connectivity index (χ3v) is 3.27. The summed E-state index contributed by atoms with van der Waals surface area (Å²) in [4.78, 5) is 13.5. The van der Waals surface area contributed by atoms with Crippen molar-refractivity contribution in [2.45, 2.75) is 23.6 Å². The summed E-state index contributed by atoms with van der Waals surface area (Å²) >= 11 is 1.66. The predicted molar refractivity (Wildman–Crippen MR) is 79.7 cm³/mol. The van der Waals surface area contributed by atoms with Crippen LogP contribution in [0.2, 0.25) is 0 Å². The van der Waals surface area contributed by atoms with Crippen LogP contribution in [-0.4, -0.2) is 13.1 Å². The van der Waals surface area contributed by atoms with Gasteiger partial charge in [-0.3, -0.25) is 0 Å². The summed E-state index contributed by atoms with van der Waals surface area (Å²) in [6.45, 7) is 4.00. The van der Waals surface area contributed by atoms with Crippen molar-refractivity contribution in [3.05, 3.63) is 60.2 Å². The fourth-order valence-electron chi connectivity index (χ4n) is 1.40. The van der Waals surface area contributed by atoms with Crippen LogP contribution >= 0.6 is 11.8 Å². The molecule has 2 nitrogen and oxygen atoms in total. The minimum Gasteiger partial charge on any atom is -0.465 e. The molecule has 2 rings (SSSR count). The van der Waals surface area contributed by atoms with Gasteiger partial charge in [0.1, 0.15) is 0 Å². The molecule has 0 atom stereocenters. The van der Waals surface area contributed by atoms with Crippen LogP contribution in [0.1, 0.15) is 24.2 Å². The minimum absolute atomic E-state index is 0.304. The number of methoxy groups -OCH3 is 1. The van der Waals surface area contributed by atoms with Crippen molar-refractivity contribution in [1.82, 2.24) is 0 Å². The van der Waals surface area contributed by atoms with Crippen LogP contribution in [0.15, 0.2) is 64.4 Å². The molecule has 0 radical (unpaired) electrons. The molecule has 3 heteroatoms. The first-order valence-electron chi connectivity index (χ1n) is 6.21. The molecule has 0 N–H and O–H groups in total. The maximum Gasteiger partial charge on any atom is 0.337 e. The van der Waals surface area contributed by atoms with E-state index in [1.54, 1.807) is 23.9 Å². The van der Waals surface area contributed by atoms with Crippen molar-refractivity contribution >= 4 is 17.7 Å². The van der Waals surface area contributed by atoms with E-state index >= 15 is 0 Å². The summed E-state index contributed by atoms with van der Waals surface area (Å²) < 4.78 is 4.65. The minimum atomic E-state index is -0.304. The first-order valence-corrected chi connectivity index (χ1v) is 7.02. The summed E-state index contributed by atoms with van der Waals surface area (Å²) in [5, 5.41) is 0. The maximum absolute atomic E-state index is 11.3. The van der Waals surface area contributed by atoms with Gasteiger partial charge in [-0.1, -0.05) is 43.8 Å². The van der Waals surface area contributed by atoms with Crippen LogP contribution in [-0.2, 0) is 4.74 Å². The van der Waals surface area contributed by atoms with Gasteiger partial charge in [-0.25, -0.2) is 4.79 Å². The fraction of sp³-hybridized carbons (Fsp3) is 0.188. The Morgan fingerprint density at radius 2 is 1.42 bits per heavy atom. The number of benzene rings is 2. The van der Waals surface area contributed by atoms with E-state index in [9.17, 15) is 4.79 Å². The Hall–Kier alpha value is -1.74. The lowest BCUT2D eigenvalue weighted by molar-refractivity contribution is 0.0600. The van der Waals surface area contributed by atoms with E-state index in [4.69, 9.17) is 0 Å². The van der Waals surface area contributed by atoms with Gasteiger partial charge in [0.05, 0.1) is 12.7 Å². The number of hydrogen-bond donors (Lipinski definition) is 0. The number of ether oxygens (including phenoxy) is 1. The number of rotatable bonds is 3. The lowest BCUT2D eigenvalue weighted by Crippen LogP contribution is -2.00. The van der Waals surface area contributed by atoms with E-state index < -0.39 is 0 Å². The van der Waals surface area contributed by atoms with Gasteiger partial charge >= 0.3 is 5.97 Å². The number of hydrogen-bond acceptors (Lipinski definition) is 3. The van der Waals surface area contributed by atoms with Crippen molar-refractivity contribution in [2.75, 3.05) is 7.11 Å². The standard InChI is InChI=1S/C14H12O2S.C2H6/c1-16-14(15)11-7-9-13(10-8-11)17-12-5-3-2-4-6-12;1-2/h2-10H,1H3;1-2H3. The molecule has 2 aromatic carbocycles. The fourth-order valence-corrected chi connectivity index (χ4v) is 2.24. The molecule has 19 heavy (non-hydrogen) atoms. The Labute approximate surface area is 118 Å². The smallest absolute Gasteiger partial charge is 0.337 e. The molecule has 0 amide bonds. The van der Waals surface area contributed by atoms with Gasteiger partial charge in [-0.2, -0.15) is 0 Å². The van der Waals surface area contributed by atoms with Crippen LogP contribution in [0.5, 0.6) is 0 Å². The monoisotopic (exact) mass is 274 g/mol. The average Bonchev–Trinajstić information content (AvgIpc) is 2.50. The van der Waals surface area contributed by atoms with E-state index in [0.717, 1.165) is 4.90 Å². The Morgan fingerprint density at radius 1 is 0.895 bits per heavy atom. The number of carbonyl (C=O) groups excluding carboxylic acids is 1. The maximum atomic E-state index is 11.3. The summed E-state index contributed by atoms with van der Waals surface area (Å²) in [5.41, 5.74) is 0.574. The highest BCUT2D eigenvalue weighted by Crippen LogP contribution is 2.27. The van der Waals surface area contributed by atoms with E-state index in [1.165, 1.54) is 12.0 Å². The summed E-state index contributed by atoms with van der Waals surface area (Å²) in [7, 11) is 1.38. The van der Waals surface area contributed by atoms with Crippen molar-refractivity contribution in [1.29, 1.82) is 0 Å². The molecule has 0 saturated carbocycles. The molecule has 0 fully saturated rings. The Bertz CT molecular complexity index is 492. The van der Waals surface area contributed by atoms with Gasteiger partial charge in [-0.15, -0.1) is 0 Å². The summed E-state index contributed by atoms with van der Waals surface area (Å²) in [6.07, 6.45) is 0. The Morgan fingerprint density at radius 3 is 1.95 bits per heavy atom. The Kier molecular flexibility index (Phi) is 6.75. The second kappa shape index (κ2) is 8.38. The second-order valence-corrected chi connectivity index (χ2v) is 4.58. The first-order chi connectivity index (χ1) is 9.29. The van der Waals surface area contributed by atoms with Crippen LogP contribution < -0.4 is 0 Å². The largest absolute Gasteiger partial charge is 0.465 e. The van der Waals surface area contributed by atoms with E-state index in [0.29, 0.717) is 5.56 Å². The third-order valence-electron chi connectivity index (χ3n) is 2.25.